The molecule has 136 valence electrons. The predicted octanol–water partition coefficient (Wildman–Crippen LogP) is 1.35. The van der Waals surface area contributed by atoms with Gasteiger partial charge in [0.25, 0.3) is 0 Å². The Hall–Kier alpha value is -3.74. The summed E-state index contributed by atoms with van der Waals surface area (Å²) in [6.45, 7) is -0.508. The van der Waals surface area contributed by atoms with Gasteiger partial charge in [-0.25, -0.2) is 14.6 Å². The third-order valence-electron chi connectivity index (χ3n) is 3.97. The number of benzene rings is 2. The lowest BCUT2D eigenvalue weighted by atomic mass is 10.0. The predicted molar refractivity (Wildman–Crippen MR) is 96.8 cm³/mol. The van der Waals surface area contributed by atoms with E-state index in [9.17, 15) is 14.4 Å². The monoisotopic (exact) mass is 365 g/mol. The second kappa shape index (κ2) is 7.65. The Morgan fingerprint density at radius 1 is 1.26 bits per heavy atom. The Kier molecular flexibility index (Phi) is 5.12. The van der Waals surface area contributed by atoms with Gasteiger partial charge in [0.15, 0.2) is 5.78 Å². The van der Waals surface area contributed by atoms with Crippen LogP contribution in [0, 0.1) is 0 Å². The molecule has 8 heteroatoms. The van der Waals surface area contributed by atoms with E-state index in [1.54, 1.807) is 18.5 Å². The number of nitrogens with one attached hydrogen (secondary N) is 1. The number of ether oxygens (including phenoxy) is 1. The highest BCUT2D eigenvalue weighted by molar-refractivity contribution is 6.05. The summed E-state index contributed by atoms with van der Waals surface area (Å²) in [6.07, 6.45) is 3.24. The highest BCUT2D eigenvalue weighted by atomic mass is 16.5. The molecular formula is C19H15N3O5. The number of carboxylic acid groups (broad SMARTS) is 1. The lowest BCUT2D eigenvalue weighted by Crippen LogP contribution is -2.39. The van der Waals surface area contributed by atoms with Crippen LogP contribution in [0.4, 0.5) is 0 Å². The fraction of sp³-hybridized carbons (Fsp3) is 0.105. The van der Waals surface area contributed by atoms with Crippen molar-refractivity contribution >= 4 is 28.5 Å². The molecule has 3 aromatic rings. The highest BCUT2D eigenvalue weighted by Crippen LogP contribution is 2.32. The molecule has 1 heterocycles. The molecule has 0 bridgehead atoms. The quantitative estimate of drug-likeness (QED) is 0.425. The summed E-state index contributed by atoms with van der Waals surface area (Å²) in [5.41, 5.74) is 5.32. The van der Waals surface area contributed by atoms with Crippen molar-refractivity contribution in [2.75, 3.05) is 6.61 Å². The number of carbonyl (C=O) groups excluding carboxylic acids is 2. The number of hydrogen-bond donors (Lipinski definition) is 3. The Morgan fingerprint density at radius 2 is 1.96 bits per heavy atom. The van der Waals surface area contributed by atoms with Crippen LogP contribution in [0.25, 0.3) is 22.2 Å². The smallest absolute Gasteiger partial charge is 0.344 e. The summed E-state index contributed by atoms with van der Waals surface area (Å²) in [7, 11) is 0. The minimum Gasteiger partial charge on any atom is -0.485 e. The number of carboxylic acids is 1. The van der Waals surface area contributed by atoms with Crippen LogP contribution in [0.1, 0.15) is 0 Å². The third-order valence-corrected chi connectivity index (χ3v) is 3.97. The van der Waals surface area contributed by atoms with Crippen molar-refractivity contribution in [3.63, 3.8) is 0 Å². The number of nitrogens with zero attached hydrogens (tertiary/aromatic N) is 1. The number of ketones is 1. The van der Waals surface area contributed by atoms with E-state index in [4.69, 9.17) is 15.6 Å². The Morgan fingerprint density at radius 3 is 2.56 bits per heavy atom. The molecule has 1 atom stereocenters. The summed E-state index contributed by atoms with van der Waals surface area (Å²) < 4.78 is 5.60. The maximum Gasteiger partial charge on any atom is 0.344 e. The zero-order valence-corrected chi connectivity index (χ0v) is 14.0. The fourth-order valence-corrected chi connectivity index (χ4v) is 2.58. The lowest BCUT2D eigenvalue weighted by molar-refractivity contribution is -0.134. The van der Waals surface area contributed by atoms with E-state index < -0.39 is 30.0 Å². The van der Waals surface area contributed by atoms with Crippen molar-refractivity contribution in [1.82, 2.24) is 9.97 Å². The first-order valence-corrected chi connectivity index (χ1v) is 7.93. The summed E-state index contributed by atoms with van der Waals surface area (Å²) in [4.78, 5) is 40.9. The second-order valence-electron chi connectivity index (χ2n) is 5.69. The zero-order chi connectivity index (χ0) is 19.4. The molecule has 0 spiro atoms. The fourth-order valence-electron chi connectivity index (χ4n) is 2.58. The minimum absolute atomic E-state index is 0.371. The summed E-state index contributed by atoms with van der Waals surface area (Å²) >= 11 is 0. The standard InChI is InChI=1S/C19H15N3O5/c20-17(14(9-23)19(25)26)15(24)10-27-16-8-12-4-2-1-3-11(12)7-13(16)18-21-5-6-22-18/h1-8,17H,10,20H2,(H,21,22)(H,25,26). The molecule has 2 aromatic carbocycles. The number of carbonyl (C=O) groups is 2. The minimum atomic E-state index is -1.62. The van der Waals surface area contributed by atoms with E-state index >= 15 is 0 Å². The van der Waals surface area contributed by atoms with Gasteiger partial charge in [-0.1, -0.05) is 24.3 Å². The highest BCUT2D eigenvalue weighted by Gasteiger charge is 2.26. The number of aliphatic carboxylic acids is 1. The SMILES string of the molecule is NC(C(=O)COc1cc2ccccc2cc1-c1ncc[nH]1)C(=C=O)C(=O)O. The van der Waals surface area contributed by atoms with Crippen LogP contribution in [-0.4, -0.2) is 45.4 Å². The lowest BCUT2D eigenvalue weighted by Gasteiger charge is -2.13. The third kappa shape index (κ3) is 3.77. The zero-order valence-electron chi connectivity index (χ0n) is 14.0. The van der Waals surface area contributed by atoms with Crippen molar-refractivity contribution < 1.29 is 24.2 Å². The van der Waals surface area contributed by atoms with Crippen LogP contribution in [0.3, 0.4) is 0 Å². The van der Waals surface area contributed by atoms with Crippen LogP contribution in [-0.2, 0) is 14.4 Å². The number of fused-ring (bicyclic) bond motifs is 1. The number of nitrogens with two attached hydrogens (primary N) is 1. The molecule has 0 saturated carbocycles. The summed E-state index contributed by atoms with van der Waals surface area (Å²) in [5.74, 6) is -0.237. The number of H-pyrrole nitrogens is 1. The van der Waals surface area contributed by atoms with Gasteiger partial charge in [0.1, 0.15) is 35.7 Å². The van der Waals surface area contributed by atoms with Crippen molar-refractivity contribution in [3.8, 4) is 17.1 Å². The number of hydrogen-bond acceptors (Lipinski definition) is 6. The molecule has 0 aliphatic carbocycles. The first-order valence-electron chi connectivity index (χ1n) is 7.93. The first kappa shape index (κ1) is 18.1. The molecule has 8 nitrogen and oxygen atoms in total. The second-order valence-corrected chi connectivity index (χ2v) is 5.69. The van der Waals surface area contributed by atoms with Crippen LogP contribution in [0.2, 0.25) is 0 Å². The number of aromatic amines is 1. The van der Waals surface area contributed by atoms with Gasteiger partial charge in [0, 0.05) is 12.4 Å². The van der Waals surface area contributed by atoms with Crippen LogP contribution >= 0.6 is 0 Å². The molecule has 0 aliphatic heterocycles. The van der Waals surface area contributed by atoms with E-state index in [0.717, 1.165) is 10.8 Å². The van der Waals surface area contributed by atoms with Gasteiger partial charge in [0.05, 0.1) is 5.56 Å². The average molecular weight is 365 g/mol. The summed E-state index contributed by atoms with van der Waals surface area (Å²) in [6, 6.07) is 9.58. The van der Waals surface area contributed by atoms with Gasteiger partial charge in [-0.05, 0) is 22.9 Å². The molecule has 4 N–H and O–H groups in total. The average Bonchev–Trinajstić information content (AvgIpc) is 3.20. The molecule has 0 amide bonds. The maximum atomic E-state index is 12.1. The van der Waals surface area contributed by atoms with Gasteiger partial charge in [-0.3, -0.25) is 4.79 Å². The topological polar surface area (TPSA) is 135 Å². The van der Waals surface area contributed by atoms with Gasteiger partial charge in [-0.15, -0.1) is 0 Å². The molecule has 27 heavy (non-hydrogen) atoms. The van der Waals surface area contributed by atoms with Crippen LogP contribution in [0.5, 0.6) is 5.75 Å². The number of Topliss-reactive ketones (excluding diaryl/α,β-unsaturated/α-hetero) is 1. The molecule has 0 aliphatic rings. The molecule has 1 aromatic heterocycles. The summed E-state index contributed by atoms with van der Waals surface area (Å²) in [5, 5.41) is 10.7. The van der Waals surface area contributed by atoms with E-state index in [0.29, 0.717) is 17.1 Å². The maximum absolute atomic E-state index is 12.1. The molecule has 1 unspecified atom stereocenters. The van der Waals surface area contributed by atoms with E-state index in [2.05, 4.69) is 9.97 Å². The van der Waals surface area contributed by atoms with Gasteiger partial charge < -0.3 is 20.6 Å². The Balaban J connectivity index is 1.90. The largest absolute Gasteiger partial charge is 0.485 e. The van der Waals surface area contributed by atoms with Gasteiger partial charge >= 0.3 is 5.97 Å². The number of rotatable bonds is 7. The van der Waals surface area contributed by atoms with Crippen molar-refractivity contribution in [2.24, 2.45) is 5.73 Å². The Bertz CT molecular complexity index is 1050. The number of imidazole rings is 1. The first-order chi connectivity index (χ1) is 13.0. The molecule has 3 rings (SSSR count). The van der Waals surface area contributed by atoms with Crippen LogP contribution < -0.4 is 10.5 Å². The van der Waals surface area contributed by atoms with E-state index in [1.165, 1.54) is 5.94 Å². The molecular weight excluding hydrogens is 350 g/mol. The van der Waals surface area contributed by atoms with Crippen molar-refractivity contribution in [2.45, 2.75) is 6.04 Å². The van der Waals surface area contributed by atoms with Crippen LogP contribution in [0.15, 0.2) is 54.4 Å². The molecule has 0 radical (unpaired) electrons. The Labute approximate surface area is 153 Å². The van der Waals surface area contributed by atoms with Crippen molar-refractivity contribution in [3.05, 3.63) is 54.4 Å². The molecule has 0 fully saturated rings. The number of aromatic nitrogens is 2. The normalized spacial score (nSPS) is 11.6. The van der Waals surface area contributed by atoms with Gasteiger partial charge in [0.2, 0.25) is 0 Å². The van der Waals surface area contributed by atoms with E-state index in [1.807, 2.05) is 30.3 Å². The van der Waals surface area contributed by atoms with Gasteiger partial charge in [-0.2, -0.15) is 0 Å². The van der Waals surface area contributed by atoms with Crippen molar-refractivity contribution in [1.29, 1.82) is 0 Å². The van der Waals surface area contributed by atoms with E-state index in [-0.39, 0.29) is 0 Å². The molecule has 0 saturated heterocycles.